The molecule has 0 saturated carbocycles. The van der Waals surface area contributed by atoms with Crippen molar-refractivity contribution in [2.24, 2.45) is 0 Å². The molecule has 2 aromatic carbocycles. The molecule has 0 atom stereocenters. The van der Waals surface area contributed by atoms with Crippen molar-refractivity contribution in [3.63, 3.8) is 0 Å². The monoisotopic (exact) mass is 285 g/mol. The van der Waals surface area contributed by atoms with E-state index in [1.54, 1.807) is 36.4 Å². The maximum absolute atomic E-state index is 11.8. The number of rotatable bonds is 5. The number of amides is 1. The van der Waals surface area contributed by atoms with E-state index in [2.05, 4.69) is 10.1 Å². The summed E-state index contributed by atoms with van der Waals surface area (Å²) < 4.78 is 10.0. The first-order valence-corrected chi connectivity index (χ1v) is 6.36. The fourth-order valence-electron chi connectivity index (χ4n) is 1.73. The average Bonchev–Trinajstić information content (AvgIpc) is 2.53. The largest absolute Gasteiger partial charge is 0.483 e. The highest BCUT2D eigenvalue weighted by atomic mass is 16.5. The molecule has 0 spiro atoms. The Hall–Kier alpha value is -2.82. The predicted octanol–water partition coefficient (Wildman–Crippen LogP) is 2.49. The fourth-order valence-corrected chi connectivity index (χ4v) is 1.73. The molecule has 0 aliphatic rings. The lowest BCUT2D eigenvalue weighted by atomic mass is 10.2. The van der Waals surface area contributed by atoms with E-state index in [1.165, 1.54) is 7.11 Å². The van der Waals surface area contributed by atoms with Crippen molar-refractivity contribution in [1.29, 1.82) is 0 Å². The quantitative estimate of drug-likeness (QED) is 0.857. The summed E-state index contributed by atoms with van der Waals surface area (Å²) in [5.74, 6) is -0.498. The highest BCUT2D eigenvalue weighted by Crippen LogP contribution is 2.18. The summed E-state index contributed by atoms with van der Waals surface area (Å²) in [4.78, 5) is 23.4. The number of esters is 1. The molecule has 0 radical (unpaired) electrons. The van der Waals surface area contributed by atoms with E-state index in [1.807, 2.05) is 18.2 Å². The van der Waals surface area contributed by atoms with Crippen LogP contribution in [0.1, 0.15) is 10.4 Å². The summed E-state index contributed by atoms with van der Waals surface area (Å²) >= 11 is 0. The maximum Gasteiger partial charge on any atom is 0.341 e. The minimum Gasteiger partial charge on any atom is -0.483 e. The second kappa shape index (κ2) is 7.09. The topological polar surface area (TPSA) is 64.6 Å². The zero-order valence-corrected chi connectivity index (χ0v) is 11.5. The third kappa shape index (κ3) is 4.07. The van der Waals surface area contributed by atoms with Gasteiger partial charge in [-0.1, -0.05) is 30.3 Å². The first kappa shape index (κ1) is 14.6. The average molecular weight is 285 g/mol. The normalized spacial score (nSPS) is 9.76. The molecule has 0 aliphatic heterocycles. The van der Waals surface area contributed by atoms with E-state index in [0.29, 0.717) is 11.4 Å². The van der Waals surface area contributed by atoms with Gasteiger partial charge in [-0.3, -0.25) is 4.79 Å². The molecule has 5 nitrogen and oxygen atoms in total. The van der Waals surface area contributed by atoms with Gasteiger partial charge in [-0.25, -0.2) is 4.79 Å². The molecular weight excluding hydrogens is 270 g/mol. The Balaban J connectivity index is 1.97. The Morgan fingerprint density at radius 3 is 2.38 bits per heavy atom. The van der Waals surface area contributed by atoms with Crippen molar-refractivity contribution in [2.45, 2.75) is 0 Å². The molecule has 1 amide bonds. The van der Waals surface area contributed by atoms with Gasteiger partial charge in [0.05, 0.1) is 7.11 Å². The minimum atomic E-state index is -0.505. The molecule has 2 aromatic rings. The van der Waals surface area contributed by atoms with Crippen LogP contribution in [0.3, 0.4) is 0 Å². The number of ether oxygens (including phenoxy) is 2. The summed E-state index contributed by atoms with van der Waals surface area (Å²) in [5, 5.41) is 2.69. The van der Waals surface area contributed by atoms with Gasteiger partial charge in [0.25, 0.3) is 5.91 Å². The fraction of sp³-hybridized carbons (Fsp3) is 0.125. The third-order valence-corrected chi connectivity index (χ3v) is 2.71. The molecule has 0 heterocycles. The number of hydrogen-bond acceptors (Lipinski definition) is 4. The van der Waals surface area contributed by atoms with Crippen molar-refractivity contribution in [3.05, 3.63) is 60.2 Å². The lowest BCUT2D eigenvalue weighted by Crippen LogP contribution is -2.20. The first-order chi connectivity index (χ1) is 10.2. The second-order valence-electron chi connectivity index (χ2n) is 4.19. The molecule has 0 fully saturated rings. The molecule has 21 heavy (non-hydrogen) atoms. The Bertz CT molecular complexity index is 625. The molecule has 0 unspecified atom stereocenters. The molecule has 1 N–H and O–H groups in total. The van der Waals surface area contributed by atoms with E-state index in [0.717, 1.165) is 0 Å². The minimum absolute atomic E-state index is 0.192. The maximum atomic E-state index is 11.8. The number of hydrogen-bond donors (Lipinski definition) is 1. The second-order valence-corrected chi connectivity index (χ2v) is 4.19. The van der Waals surface area contributed by atoms with Crippen molar-refractivity contribution in [3.8, 4) is 5.75 Å². The summed E-state index contributed by atoms with van der Waals surface area (Å²) in [7, 11) is 1.29. The van der Waals surface area contributed by atoms with Crippen molar-refractivity contribution >= 4 is 17.6 Å². The van der Waals surface area contributed by atoms with Gasteiger partial charge in [0.15, 0.2) is 6.61 Å². The number of nitrogens with one attached hydrogen (secondary N) is 1. The van der Waals surface area contributed by atoms with Crippen molar-refractivity contribution in [2.75, 3.05) is 19.0 Å². The van der Waals surface area contributed by atoms with Gasteiger partial charge in [-0.2, -0.15) is 0 Å². The summed E-state index contributed by atoms with van der Waals surface area (Å²) in [6, 6.07) is 15.7. The Labute approximate surface area is 122 Å². The standard InChI is InChI=1S/C16H15NO4/c1-20-16(19)13-9-5-6-10-14(13)21-11-15(18)17-12-7-3-2-4-8-12/h2-10H,11H2,1H3,(H,17,18). The van der Waals surface area contributed by atoms with Crippen LogP contribution < -0.4 is 10.1 Å². The lowest BCUT2D eigenvalue weighted by molar-refractivity contribution is -0.118. The van der Waals surface area contributed by atoms with E-state index < -0.39 is 5.97 Å². The van der Waals surface area contributed by atoms with Gasteiger partial charge in [0.1, 0.15) is 11.3 Å². The van der Waals surface area contributed by atoms with E-state index >= 15 is 0 Å². The van der Waals surface area contributed by atoms with Gasteiger partial charge in [-0.05, 0) is 24.3 Å². The van der Waals surface area contributed by atoms with Gasteiger partial charge >= 0.3 is 5.97 Å². The molecule has 5 heteroatoms. The van der Waals surface area contributed by atoms with Crippen LogP contribution in [-0.2, 0) is 9.53 Å². The zero-order valence-electron chi connectivity index (χ0n) is 11.5. The zero-order chi connectivity index (χ0) is 15.1. The van der Waals surface area contributed by atoms with Crippen LogP contribution in [0, 0.1) is 0 Å². The Morgan fingerprint density at radius 2 is 1.67 bits per heavy atom. The van der Waals surface area contributed by atoms with E-state index in [4.69, 9.17) is 4.74 Å². The van der Waals surface area contributed by atoms with Crippen LogP contribution in [0.2, 0.25) is 0 Å². The van der Waals surface area contributed by atoms with Crippen molar-refractivity contribution in [1.82, 2.24) is 0 Å². The van der Waals surface area contributed by atoms with Crippen molar-refractivity contribution < 1.29 is 19.1 Å². The van der Waals surface area contributed by atoms with Crippen LogP contribution >= 0.6 is 0 Å². The lowest BCUT2D eigenvalue weighted by Gasteiger charge is -2.10. The van der Waals surface area contributed by atoms with Crippen LogP contribution in [0.15, 0.2) is 54.6 Å². The van der Waals surface area contributed by atoms with Gasteiger partial charge in [0.2, 0.25) is 0 Å². The van der Waals surface area contributed by atoms with Gasteiger partial charge < -0.3 is 14.8 Å². The number of carbonyl (C=O) groups is 2. The molecule has 2 rings (SSSR count). The highest BCUT2D eigenvalue weighted by Gasteiger charge is 2.13. The number of anilines is 1. The SMILES string of the molecule is COC(=O)c1ccccc1OCC(=O)Nc1ccccc1. The van der Waals surface area contributed by atoms with E-state index in [-0.39, 0.29) is 18.1 Å². The Morgan fingerprint density at radius 1 is 1.00 bits per heavy atom. The molecular formula is C16H15NO4. The van der Waals surface area contributed by atoms with Crippen LogP contribution in [0.4, 0.5) is 5.69 Å². The first-order valence-electron chi connectivity index (χ1n) is 6.36. The van der Waals surface area contributed by atoms with Crippen LogP contribution in [0.25, 0.3) is 0 Å². The number of benzene rings is 2. The molecule has 0 saturated heterocycles. The molecule has 108 valence electrons. The predicted molar refractivity (Wildman–Crippen MR) is 78.3 cm³/mol. The number of para-hydroxylation sites is 2. The van der Waals surface area contributed by atoms with Gasteiger partial charge in [0, 0.05) is 5.69 Å². The summed E-state index contributed by atoms with van der Waals surface area (Å²) in [6.07, 6.45) is 0. The Kier molecular flexibility index (Phi) is 4.93. The third-order valence-electron chi connectivity index (χ3n) is 2.71. The van der Waals surface area contributed by atoms with Crippen LogP contribution in [0.5, 0.6) is 5.75 Å². The summed E-state index contributed by atoms with van der Waals surface area (Å²) in [6.45, 7) is -0.192. The molecule has 0 aliphatic carbocycles. The summed E-state index contributed by atoms with van der Waals surface area (Å²) in [5.41, 5.74) is 0.972. The molecule has 0 aromatic heterocycles. The van der Waals surface area contributed by atoms with E-state index in [9.17, 15) is 9.59 Å². The highest BCUT2D eigenvalue weighted by molar-refractivity contribution is 5.94. The smallest absolute Gasteiger partial charge is 0.341 e. The molecule has 0 bridgehead atoms. The number of methoxy groups -OCH3 is 1. The van der Waals surface area contributed by atoms with Crippen LogP contribution in [-0.4, -0.2) is 25.6 Å². The van der Waals surface area contributed by atoms with Gasteiger partial charge in [-0.15, -0.1) is 0 Å². The number of carbonyl (C=O) groups excluding carboxylic acids is 2.